The van der Waals surface area contributed by atoms with Crippen LogP contribution in [0.4, 0.5) is 5.69 Å². The van der Waals surface area contributed by atoms with Gasteiger partial charge in [0.15, 0.2) is 0 Å². The van der Waals surface area contributed by atoms with Crippen molar-refractivity contribution in [1.29, 1.82) is 0 Å². The van der Waals surface area contributed by atoms with E-state index in [1.807, 2.05) is 39.8 Å². The van der Waals surface area contributed by atoms with Crippen molar-refractivity contribution in [2.45, 2.75) is 33.7 Å². The number of anilines is 1. The third-order valence-electron chi connectivity index (χ3n) is 3.66. The summed E-state index contributed by atoms with van der Waals surface area (Å²) in [7, 11) is 2.29. The Hall–Kier alpha value is -1.37. The fourth-order valence-electron chi connectivity index (χ4n) is 1.87. The van der Waals surface area contributed by atoms with Gasteiger partial charge in [0, 0.05) is 17.6 Å². The highest BCUT2D eigenvalue weighted by Crippen LogP contribution is 2.22. The number of rotatable bonds is 6. The predicted molar refractivity (Wildman–Crippen MR) is 86.4 cm³/mol. The Balaban J connectivity index is 3.02. The monoisotopic (exact) mass is 292 g/mol. The lowest BCUT2D eigenvalue weighted by Gasteiger charge is -2.22. The van der Waals surface area contributed by atoms with Crippen molar-refractivity contribution in [3.05, 3.63) is 23.8 Å². The van der Waals surface area contributed by atoms with Gasteiger partial charge in [-0.1, -0.05) is 26.8 Å². The SMILES string of the molecule is CCC(C)(C)C(=O)Nc1ccc(B(O)O)c(CN(C)C)c1. The molecule has 0 heterocycles. The second kappa shape index (κ2) is 7.07. The number of benzene rings is 1. The van der Waals surface area contributed by atoms with E-state index in [9.17, 15) is 14.8 Å². The molecule has 0 saturated heterocycles. The van der Waals surface area contributed by atoms with Crippen molar-refractivity contribution in [3.63, 3.8) is 0 Å². The average molecular weight is 292 g/mol. The van der Waals surface area contributed by atoms with Crippen LogP contribution in [0.1, 0.15) is 32.8 Å². The van der Waals surface area contributed by atoms with Crippen LogP contribution in [0.3, 0.4) is 0 Å². The van der Waals surface area contributed by atoms with E-state index in [1.54, 1.807) is 18.2 Å². The zero-order valence-electron chi connectivity index (χ0n) is 13.5. The Morgan fingerprint density at radius 3 is 2.43 bits per heavy atom. The standard InChI is InChI=1S/C15H25BN2O3/c1-6-15(2,3)14(19)17-12-7-8-13(16(20)21)11(9-12)10-18(4)5/h7-9,20-21H,6,10H2,1-5H3,(H,17,19). The summed E-state index contributed by atoms with van der Waals surface area (Å²) >= 11 is 0. The average Bonchev–Trinajstić information content (AvgIpc) is 2.37. The van der Waals surface area contributed by atoms with Gasteiger partial charge in [0.2, 0.25) is 5.91 Å². The number of hydrogen-bond donors (Lipinski definition) is 3. The van der Waals surface area contributed by atoms with E-state index >= 15 is 0 Å². The molecule has 6 heteroatoms. The molecule has 0 spiro atoms. The minimum atomic E-state index is -1.52. The number of nitrogens with zero attached hydrogens (tertiary/aromatic N) is 1. The van der Waals surface area contributed by atoms with Crippen LogP contribution in [-0.4, -0.2) is 42.1 Å². The molecule has 0 radical (unpaired) electrons. The molecule has 1 aromatic carbocycles. The molecule has 0 aliphatic heterocycles. The molecule has 0 bridgehead atoms. The normalized spacial score (nSPS) is 11.6. The van der Waals surface area contributed by atoms with Gasteiger partial charge >= 0.3 is 7.12 Å². The minimum Gasteiger partial charge on any atom is -0.423 e. The van der Waals surface area contributed by atoms with E-state index in [0.29, 0.717) is 17.7 Å². The summed E-state index contributed by atoms with van der Waals surface area (Å²) in [5.41, 5.74) is 1.47. The second-order valence-corrected chi connectivity index (χ2v) is 6.22. The summed E-state index contributed by atoms with van der Waals surface area (Å²) in [4.78, 5) is 14.1. The fourth-order valence-corrected chi connectivity index (χ4v) is 1.87. The first-order chi connectivity index (χ1) is 9.67. The van der Waals surface area contributed by atoms with Crippen molar-refractivity contribution in [2.75, 3.05) is 19.4 Å². The van der Waals surface area contributed by atoms with Crippen molar-refractivity contribution >= 4 is 24.2 Å². The number of nitrogens with one attached hydrogen (secondary N) is 1. The van der Waals surface area contributed by atoms with E-state index in [-0.39, 0.29) is 5.91 Å². The fraction of sp³-hybridized carbons (Fsp3) is 0.533. The van der Waals surface area contributed by atoms with Crippen molar-refractivity contribution in [3.8, 4) is 0 Å². The maximum atomic E-state index is 12.2. The minimum absolute atomic E-state index is 0.0434. The van der Waals surface area contributed by atoms with Crippen LogP contribution < -0.4 is 10.8 Å². The number of carbonyl (C=O) groups excluding carboxylic acids is 1. The van der Waals surface area contributed by atoms with Gasteiger partial charge in [-0.25, -0.2) is 0 Å². The lowest BCUT2D eigenvalue weighted by molar-refractivity contribution is -0.124. The Kier molecular flexibility index (Phi) is 5.95. The molecule has 0 aromatic heterocycles. The molecule has 0 saturated carbocycles. The smallest absolute Gasteiger partial charge is 0.423 e. The first-order valence-corrected chi connectivity index (χ1v) is 7.12. The molecule has 1 amide bonds. The molecular formula is C15H25BN2O3. The quantitative estimate of drug-likeness (QED) is 0.678. The summed E-state index contributed by atoms with van der Waals surface area (Å²) in [6.07, 6.45) is 0.747. The molecule has 1 aromatic rings. The van der Waals surface area contributed by atoms with Gasteiger partial charge in [-0.15, -0.1) is 0 Å². The van der Waals surface area contributed by atoms with Gasteiger partial charge in [-0.3, -0.25) is 4.79 Å². The van der Waals surface area contributed by atoms with Crippen LogP contribution in [0.15, 0.2) is 18.2 Å². The topological polar surface area (TPSA) is 72.8 Å². The van der Waals surface area contributed by atoms with Crippen LogP contribution in [0, 0.1) is 5.41 Å². The predicted octanol–water partition coefficient (Wildman–Crippen LogP) is 0.803. The van der Waals surface area contributed by atoms with Crippen LogP contribution in [0.2, 0.25) is 0 Å². The zero-order chi connectivity index (χ0) is 16.2. The lowest BCUT2D eigenvalue weighted by Crippen LogP contribution is -2.35. The number of hydrogen-bond acceptors (Lipinski definition) is 4. The van der Waals surface area contributed by atoms with Crippen LogP contribution in [-0.2, 0) is 11.3 Å². The van der Waals surface area contributed by atoms with Gasteiger partial charge in [-0.05, 0) is 43.7 Å². The molecule has 1 rings (SSSR count). The maximum absolute atomic E-state index is 12.2. The highest BCUT2D eigenvalue weighted by atomic mass is 16.4. The van der Waals surface area contributed by atoms with E-state index < -0.39 is 12.5 Å². The summed E-state index contributed by atoms with van der Waals surface area (Å²) < 4.78 is 0. The van der Waals surface area contributed by atoms with Crippen molar-refractivity contribution in [2.24, 2.45) is 5.41 Å². The van der Waals surface area contributed by atoms with Gasteiger partial charge in [0.1, 0.15) is 0 Å². The highest BCUT2D eigenvalue weighted by Gasteiger charge is 2.25. The molecule has 21 heavy (non-hydrogen) atoms. The first kappa shape index (κ1) is 17.7. The van der Waals surface area contributed by atoms with Gasteiger partial charge in [-0.2, -0.15) is 0 Å². The Morgan fingerprint density at radius 1 is 1.33 bits per heavy atom. The van der Waals surface area contributed by atoms with Gasteiger partial charge in [0.25, 0.3) is 0 Å². The summed E-state index contributed by atoms with van der Waals surface area (Å²) in [5.74, 6) is -0.0434. The summed E-state index contributed by atoms with van der Waals surface area (Å²) in [6, 6.07) is 5.12. The van der Waals surface area contributed by atoms with Crippen LogP contribution >= 0.6 is 0 Å². The molecule has 0 unspecified atom stereocenters. The summed E-state index contributed by atoms with van der Waals surface area (Å²) in [5, 5.41) is 21.7. The van der Waals surface area contributed by atoms with Crippen molar-refractivity contribution < 1.29 is 14.8 Å². The lowest BCUT2D eigenvalue weighted by atomic mass is 9.76. The van der Waals surface area contributed by atoms with Crippen LogP contribution in [0.5, 0.6) is 0 Å². The largest absolute Gasteiger partial charge is 0.488 e. The van der Waals surface area contributed by atoms with Crippen LogP contribution in [0.25, 0.3) is 0 Å². The Bertz CT molecular complexity index is 502. The molecule has 0 aliphatic rings. The first-order valence-electron chi connectivity index (χ1n) is 7.12. The van der Waals surface area contributed by atoms with Gasteiger partial charge in [0.05, 0.1) is 0 Å². The summed E-state index contributed by atoms with van der Waals surface area (Å²) in [6.45, 7) is 6.33. The molecule has 0 fully saturated rings. The van der Waals surface area contributed by atoms with E-state index in [1.165, 1.54) is 0 Å². The van der Waals surface area contributed by atoms with Crippen molar-refractivity contribution in [1.82, 2.24) is 4.90 Å². The Morgan fingerprint density at radius 2 is 1.95 bits per heavy atom. The third-order valence-corrected chi connectivity index (χ3v) is 3.66. The molecule has 0 aliphatic carbocycles. The molecule has 116 valence electrons. The third kappa shape index (κ3) is 4.84. The Labute approximate surface area is 127 Å². The van der Waals surface area contributed by atoms with E-state index in [0.717, 1.165) is 12.0 Å². The molecular weight excluding hydrogens is 267 g/mol. The second-order valence-electron chi connectivity index (χ2n) is 6.22. The molecule has 5 nitrogen and oxygen atoms in total. The maximum Gasteiger partial charge on any atom is 0.488 e. The number of carbonyl (C=O) groups is 1. The van der Waals surface area contributed by atoms with E-state index in [4.69, 9.17) is 0 Å². The molecule has 0 atom stereocenters. The van der Waals surface area contributed by atoms with Gasteiger partial charge < -0.3 is 20.3 Å². The molecule has 3 N–H and O–H groups in total. The number of amides is 1. The highest BCUT2D eigenvalue weighted by molar-refractivity contribution is 6.59. The zero-order valence-corrected chi connectivity index (χ0v) is 13.5. The van der Waals surface area contributed by atoms with E-state index in [2.05, 4.69) is 5.32 Å².